The smallest absolute Gasteiger partial charge is 0.348 e. The first-order chi connectivity index (χ1) is 12.9. The van der Waals surface area contributed by atoms with Crippen LogP contribution in [0.25, 0.3) is 0 Å². The molecule has 0 amide bonds. The fraction of sp³-hybridized carbons (Fsp3) is 0.143. The Morgan fingerprint density at radius 1 is 1.19 bits per heavy atom. The summed E-state index contributed by atoms with van der Waals surface area (Å²) in [6, 6.07) is 10.9. The van der Waals surface area contributed by atoms with Crippen molar-refractivity contribution in [2.75, 3.05) is 5.73 Å². The molecule has 0 unspecified atom stereocenters. The highest BCUT2D eigenvalue weighted by Gasteiger charge is 2.09. The molecule has 0 aliphatic heterocycles. The van der Waals surface area contributed by atoms with Crippen LogP contribution in [0.15, 0.2) is 71.7 Å². The molecule has 3 N–H and O–H groups in total. The maximum Gasteiger partial charge on any atom is 0.348 e. The first kappa shape index (κ1) is 24.2. The summed E-state index contributed by atoms with van der Waals surface area (Å²) in [5.74, 6) is -0.949. The van der Waals surface area contributed by atoms with Gasteiger partial charge in [-0.15, -0.1) is 24.0 Å². The van der Waals surface area contributed by atoms with Crippen LogP contribution in [-0.4, -0.2) is 11.1 Å². The van der Waals surface area contributed by atoms with Crippen LogP contribution in [0.1, 0.15) is 34.0 Å². The SMILES string of the molecule is C\C=C/C=C\C=C/C.Cc1cc(N)c(C(=O)O)s1.N#Cc1ccccc1S. The largest absolute Gasteiger partial charge is 0.477 e. The van der Waals surface area contributed by atoms with E-state index in [1.54, 1.807) is 18.2 Å². The van der Waals surface area contributed by atoms with Gasteiger partial charge in [-0.1, -0.05) is 48.6 Å². The van der Waals surface area contributed by atoms with Crippen LogP contribution < -0.4 is 5.73 Å². The minimum atomic E-state index is -0.949. The van der Waals surface area contributed by atoms with Gasteiger partial charge < -0.3 is 10.8 Å². The minimum absolute atomic E-state index is 0.234. The van der Waals surface area contributed by atoms with Crippen LogP contribution in [0.3, 0.4) is 0 Å². The quantitative estimate of drug-likeness (QED) is 0.443. The number of nitrogens with two attached hydrogens (primary N) is 1. The zero-order chi connectivity index (χ0) is 20.7. The van der Waals surface area contributed by atoms with Gasteiger partial charge >= 0.3 is 5.97 Å². The molecule has 0 aliphatic carbocycles. The third kappa shape index (κ3) is 10.8. The van der Waals surface area contributed by atoms with Gasteiger partial charge in [-0.25, -0.2) is 4.79 Å². The number of nitrogens with zero attached hydrogens (tertiary/aromatic N) is 1. The summed E-state index contributed by atoms with van der Waals surface area (Å²) in [6.45, 7) is 5.83. The number of rotatable bonds is 3. The number of allylic oxidation sites excluding steroid dienone is 6. The molecule has 1 heterocycles. The minimum Gasteiger partial charge on any atom is -0.477 e. The number of hydrogen-bond donors (Lipinski definition) is 3. The number of benzene rings is 1. The summed E-state index contributed by atoms with van der Waals surface area (Å²) in [5, 5.41) is 16.9. The van der Waals surface area contributed by atoms with Gasteiger partial charge in [0.15, 0.2) is 0 Å². The average Bonchev–Trinajstić information content (AvgIpc) is 2.99. The van der Waals surface area contributed by atoms with Crippen molar-refractivity contribution in [3.05, 3.63) is 82.1 Å². The molecule has 2 aromatic rings. The van der Waals surface area contributed by atoms with Gasteiger partial charge in [0.2, 0.25) is 0 Å². The van der Waals surface area contributed by atoms with E-state index in [2.05, 4.69) is 12.6 Å². The van der Waals surface area contributed by atoms with Crippen molar-refractivity contribution in [3.63, 3.8) is 0 Å². The van der Waals surface area contributed by atoms with E-state index in [9.17, 15) is 4.79 Å². The van der Waals surface area contributed by atoms with Crippen LogP contribution >= 0.6 is 24.0 Å². The van der Waals surface area contributed by atoms with E-state index in [-0.39, 0.29) is 4.88 Å². The molecule has 27 heavy (non-hydrogen) atoms. The number of carboxylic acid groups (broad SMARTS) is 1. The van der Waals surface area contributed by atoms with E-state index < -0.39 is 5.97 Å². The summed E-state index contributed by atoms with van der Waals surface area (Å²) >= 11 is 5.25. The van der Waals surface area contributed by atoms with Crippen LogP contribution in [-0.2, 0) is 0 Å². The molecule has 0 bridgehead atoms. The summed E-state index contributed by atoms with van der Waals surface area (Å²) in [5.41, 5.74) is 6.35. The molecule has 0 radical (unpaired) electrons. The summed E-state index contributed by atoms with van der Waals surface area (Å²) in [4.78, 5) is 12.3. The van der Waals surface area contributed by atoms with Gasteiger partial charge in [0.1, 0.15) is 10.9 Å². The molecule has 0 atom stereocenters. The molecule has 6 heteroatoms. The Balaban J connectivity index is 0.000000379. The van der Waals surface area contributed by atoms with Crippen LogP contribution in [0.5, 0.6) is 0 Å². The molecular formula is C21H24N2O2S2. The zero-order valence-corrected chi connectivity index (χ0v) is 17.3. The maximum atomic E-state index is 10.4. The highest BCUT2D eigenvalue weighted by atomic mass is 32.1. The second kappa shape index (κ2) is 14.4. The lowest BCUT2D eigenvalue weighted by Crippen LogP contribution is -1.96. The molecule has 2 rings (SSSR count). The van der Waals surface area contributed by atoms with Gasteiger partial charge in [-0.05, 0) is 39.0 Å². The van der Waals surface area contributed by atoms with Gasteiger partial charge in [-0.3, -0.25) is 0 Å². The number of thiophene rings is 1. The average molecular weight is 401 g/mol. The molecule has 0 saturated carbocycles. The molecule has 4 nitrogen and oxygen atoms in total. The highest BCUT2D eigenvalue weighted by Crippen LogP contribution is 2.23. The molecule has 0 saturated heterocycles. The van der Waals surface area contributed by atoms with E-state index >= 15 is 0 Å². The molecular weight excluding hydrogens is 376 g/mol. The standard InChI is InChI=1S/C8H12.C7H5NS.C6H7NO2S/c1-3-5-7-8-6-4-2;8-5-6-3-1-2-4-7(6)9;1-3-2-4(7)5(10-3)6(8)9/h3-8H,1-2H3;1-4,9H;2H,7H2,1H3,(H,8,9)/b5-3-,6-4-,8-7-;;. The van der Waals surface area contributed by atoms with E-state index in [0.29, 0.717) is 11.3 Å². The molecule has 142 valence electrons. The van der Waals surface area contributed by atoms with Gasteiger partial charge in [0, 0.05) is 9.77 Å². The predicted molar refractivity (Wildman–Crippen MR) is 118 cm³/mol. The maximum absolute atomic E-state index is 10.4. The van der Waals surface area contributed by atoms with Gasteiger partial charge in [-0.2, -0.15) is 5.26 Å². The summed E-state index contributed by atoms with van der Waals surface area (Å²) in [7, 11) is 0. The van der Waals surface area contributed by atoms with Crippen LogP contribution in [0.2, 0.25) is 0 Å². The highest BCUT2D eigenvalue weighted by molar-refractivity contribution is 7.80. The number of thiol groups is 1. The Bertz CT molecular complexity index is 830. The van der Waals surface area contributed by atoms with E-state index in [1.165, 1.54) is 11.3 Å². The Hall–Kier alpha value is -2.75. The zero-order valence-electron chi connectivity index (χ0n) is 15.6. The summed E-state index contributed by atoms with van der Waals surface area (Å²) < 4.78 is 0. The third-order valence-corrected chi connectivity index (χ3v) is 4.27. The lowest BCUT2D eigenvalue weighted by atomic mass is 10.2. The monoisotopic (exact) mass is 400 g/mol. The fourth-order valence-electron chi connectivity index (χ4n) is 1.62. The number of carbonyl (C=O) groups is 1. The Morgan fingerprint density at radius 2 is 1.74 bits per heavy atom. The normalized spacial score (nSPS) is 10.2. The molecule has 0 spiro atoms. The number of anilines is 1. The summed E-state index contributed by atoms with van der Waals surface area (Å²) in [6.07, 6.45) is 12.0. The van der Waals surface area contributed by atoms with Crippen molar-refractivity contribution in [2.24, 2.45) is 0 Å². The lowest BCUT2D eigenvalue weighted by molar-refractivity contribution is 0.0703. The van der Waals surface area contributed by atoms with Crippen LogP contribution in [0.4, 0.5) is 5.69 Å². The fourth-order valence-corrected chi connectivity index (χ4v) is 2.60. The molecule has 0 fully saturated rings. The van der Waals surface area contributed by atoms with Crippen molar-refractivity contribution in [2.45, 2.75) is 25.7 Å². The molecule has 1 aromatic heterocycles. The first-order valence-corrected chi connectivity index (χ1v) is 9.31. The topological polar surface area (TPSA) is 87.1 Å². The predicted octanol–water partition coefficient (Wildman–Crippen LogP) is 5.88. The van der Waals surface area contributed by atoms with Crippen molar-refractivity contribution >= 4 is 35.6 Å². The van der Waals surface area contributed by atoms with Crippen molar-refractivity contribution in [1.29, 1.82) is 5.26 Å². The number of carboxylic acids is 1. The second-order valence-corrected chi connectivity index (χ2v) is 6.75. The van der Waals surface area contributed by atoms with Gasteiger partial charge in [0.25, 0.3) is 0 Å². The number of aryl methyl sites for hydroxylation is 1. The Labute approximate surface area is 170 Å². The van der Waals surface area contributed by atoms with E-state index in [1.807, 2.05) is 75.4 Å². The van der Waals surface area contributed by atoms with Crippen molar-refractivity contribution < 1.29 is 9.90 Å². The Morgan fingerprint density at radius 3 is 2.04 bits per heavy atom. The Kier molecular flexibility index (Phi) is 13.0. The van der Waals surface area contributed by atoms with Crippen molar-refractivity contribution in [1.82, 2.24) is 0 Å². The molecule has 1 aromatic carbocycles. The number of aromatic carboxylic acids is 1. The third-order valence-electron chi connectivity index (χ3n) is 2.82. The number of nitriles is 1. The first-order valence-electron chi connectivity index (χ1n) is 8.05. The lowest BCUT2D eigenvalue weighted by Gasteiger charge is -1.89. The van der Waals surface area contributed by atoms with Gasteiger partial charge in [0.05, 0.1) is 11.3 Å². The van der Waals surface area contributed by atoms with Crippen molar-refractivity contribution in [3.8, 4) is 6.07 Å². The number of nitrogen functional groups attached to an aromatic ring is 1. The van der Waals surface area contributed by atoms with Crippen LogP contribution in [0, 0.1) is 18.3 Å². The van der Waals surface area contributed by atoms with E-state index in [4.69, 9.17) is 16.1 Å². The molecule has 0 aliphatic rings. The second-order valence-electron chi connectivity index (χ2n) is 5.01. The van der Waals surface area contributed by atoms with E-state index in [0.717, 1.165) is 9.77 Å². The number of hydrogen-bond acceptors (Lipinski definition) is 5.